The fourth-order valence-corrected chi connectivity index (χ4v) is 1.44. The average molecular weight is 230 g/mol. The molecule has 1 aromatic carbocycles. The Labute approximate surface area is 99.3 Å². The summed E-state index contributed by atoms with van der Waals surface area (Å²) in [5, 5.41) is 4.13. The molecule has 0 fully saturated rings. The average Bonchev–Trinajstić information content (AvgIpc) is 2.71. The van der Waals surface area contributed by atoms with Crippen LogP contribution in [0.4, 0.5) is 5.95 Å². The Bertz CT molecular complexity index is 531. The number of carbonyl (C=O) groups is 1. The van der Waals surface area contributed by atoms with Gasteiger partial charge in [0.25, 0.3) is 5.91 Å². The van der Waals surface area contributed by atoms with Crippen LogP contribution < -0.4 is 5.73 Å². The van der Waals surface area contributed by atoms with Crippen molar-refractivity contribution in [2.45, 2.75) is 13.8 Å². The van der Waals surface area contributed by atoms with E-state index in [-0.39, 0.29) is 17.8 Å². The Morgan fingerprint density at radius 3 is 2.53 bits per heavy atom. The van der Waals surface area contributed by atoms with Gasteiger partial charge in [0.2, 0.25) is 5.95 Å². The second-order valence-electron chi connectivity index (χ2n) is 4.06. The van der Waals surface area contributed by atoms with Gasteiger partial charge in [0, 0.05) is 11.5 Å². The third-order valence-electron chi connectivity index (χ3n) is 2.37. The highest BCUT2D eigenvalue weighted by molar-refractivity contribution is 5.82. The molecule has 17 heavy (non-hydrogen) atoms. The van der Waals surface area contributed by atoms with Gasteiger partial charge >= 0.3 is 0 Å². The largest absolute Gasteiger partial charge is 0.368 e. The molecular weight excluding hydrogens is 216 g/mol. The summed E-state index contributed by atoms with van der Waals surface area (Å²) in [7, 11) is 0. The molecule has 0 atom stereocenters. The standard InChI is InChI=1S/C12H14N4O/c1-8(2)11(17)16-12(13)14-10(15-16)9-6-4-3-5-7-9/h3-8H,1-2H3,(H2,13,14,15). The molecule has 5 nitrogen and oxygen atoms in total. The molecular formula is C12H14N4O. The van der Waals surface area contributed by atoms with E-state index >= 15 is 0 Å². The summed E-state index contributed by atoms with van der Waals surface area (Å²) >= 11 is 0. The summed E-state index contributed by atoms with van der Waals surface area (Å²) in [5.41, 5.74) is 6.53. The van der Waals surface area contributed by atoms with E-state index in [0.29, 0.717) is 5.82 Å². The Morgan fingerprint density at radius 2 is 1.94 bits per heavy atom. The number of nitrogens with two attached hydrogens (primary N) is 1. The van der Waals surface area contributed by atoms with Gasteiger partial charge in [-0.1, -0.05) is 44.2 Å². The highest BCUT2D eigenvalue weighted by Crippen LogP contribution is 2.16. The van der Waals surface area contributed by atoms with Crippen LogP contribution in [0.3, 0.4) is 0 Å². The Hall–Kier alpha value is -2.17. The van der Waals surface area contributed by atoms with Gasteiger partial charge in [0.1, 0.15) is 0 Å². The number of benzene rings is 1. The van der Waals surface area contributed by atoms with Crippen molar-refractivity contribution in [3.8, 4) is 11.4 Å². The minimum atomic E-state index is -0.164. The lowest BCUT2D eigenvalue weighted by atomic mass is 10.2. The van der Waals surface area contributed by atoms with Crippen LogP contribution in [-0.2, 0) is 0 Å². The van der Waals surface area contributed by atoms with Gasteiger partial charge in [-0.3, -0.25) is 4.79 Å². The van der Waals surface area contributed by atoms with Crippen molar-refractivity contribution in [1.29, 1.82) is 0 Å². The zero-order valence-electron chi connectivity index (χ0n) is 9.79. The Morgan fingerprint density at radius 1 is 1.29 bits per heavy atom. The predicted molar refractivity (Wildman–Crippen MR) is 65.3 cm³/mol. The third kappa shape index (κ3) is 2.18. The molecule has 2 N–H and O–H groups in total. The monoisotopic (exact) mass is 230 g/mol. The zero-order chi connectivity index (χ0) is 12.4. The molecule has 88 valence electrons. The van der Waals surface area contributed by atoms with Gasteiger partial charge < -0.3 is 5.73 Å². The molecule has 0 saturated carbocycles. The number of hydrogen-bond donors (Lipinski definition) is 1. The summed E-state index contributed by atoms with van der Waals surface area (Å²) in [5.74, 6) is 0.277. The number of nitrogen functional groups attached to an aromatic ring is 1. The summed E-state index contributed by atoms with van der Waals surface area (Å²) in [4.78, 5) is 15.9. The number of nitrogens with zero attached hydrogens (tertiary/aromatic N) is 3. The number of rotatable bonds is 2. The number of hydrogen-bond acceptors (Lipinski definition) is 4. The van der Waals surface area contributed by atoms with Crippen molar-refractivity contribution in [1.82, 2.24) is 14.8 Å². The van der Waals surface area contributed by atoms with E-state index in [2.05, 4.69) is 10.1 Å². The molecule has 0 amide bonds. The molecule has 1 heterocycles. The van der Waals surface area contributed by atoms with Gasteiger partial charge in [0.05, 0.1) is 0 Å². The van der Waals surface area contributed by atoms with Crippen LogP contribution in [0.1, 0.15) is 18.6 Å². The van der Waals surface area contributed by atoms with Gasteiger partial charge in [-0.15, -0.1) is 5.10 Å². The van der Waals surface area contributed by atoms with Crippen LogP contribution in [-0.4, -0.2) is 20.7 Å². The number of aromatic nitrogens is 3. The first-order valence-electron chi connectivity index (χ1n) is 5.41. The van der Waals surface area contributed by atoms with Crippen molar-refractivity contribution in [2.24, 2.45) is 5.92 Å². The van der Waals surface area contributed by atoms with Crippen molar-refractivity contribution in [2.75, 3.05) is 5.73 Å². The molecule has 0 radical (unpaired) electrons. The normalized spacial score (nSPS) is 10.8. The van der Waals surface area contributed by atoms with Crippen molar-refractivity contribution in [3.63, 3.8) is 0 Å². The molecule has 2 aromatic rings. The fourth-order valence-electron chi connectivity index (χ4n) is 1.44. The minimum Gasteiger partial charge on any atom is -0.368 e. The van der Waals surface area contributed by atoms with Gasteiger partial charge in [0.15, 0.2) is 5.82 Å². The third-order valence-corrected chi connectivity index (χ3v) is 2.37. The van der Waals surface area contributed by atoms with Crippen LogP contribution in [0, 0.1) is 5.92 Å². The molecule has 0 aliphatic rings. The molecule has 5 heteroatoms. The van der Waals surface area contributed by atoms with Gasteiger partial charge in [-0.25, -0.2) is 0 Å². The quantitative estimate of drug-likeness (QED) is 0.854. The van der Waals surface area contributed by atoms with Gasteiger partial charge in [-0.05, 0) is 0 Å². The first-order chi connectivity index (χ1) is 8.09. The van der Waals surface area contributed by atoms with Gasteiger partial charge in [-0.2, -0.15) is 9.67 Å². The number of anilines is 1. The van der Waals surface area contributed by atoms with E-state index in [4.69, 9.17) is 5.73 Å². The van der Waals surface area contributed by atoms with E-state index in [1.807, 2.05) is 30.3 Å². The molecule has 0 spiro atoms. The highest BCUT2D eigenvalue weighted by atomic mass is 16.2. The molecule has 0 unspecified atom stereocenters. The zero-order valence-corrected chi connectivity index (χ0v) is 9.79. The fraction of sp³-hybridized carbons (Fsp3) is 0.250. The van der Waals surface area contributed by atoms with E-state index in [9.17, 15) is 4.79 Å². The molecule has 2 rings (SSSR count). The smallest absolute Gasteiger partial charge is 0.252 e. The van der Waals surface area contributed by atoms with E-state index < -0.39 is 0 Å². The van der Waals surface area contributed by atoms with Crippen molar-refractivity contribution >= 4 is 11.9 Å². The first-order valence-corrected chi connectivity index (χ1v) is 5.41. The topological polar surface area (TPSA) is 73.8 Å². The molecule has 0 bridgehead atoms. The van der Waals surface area contributed by atoms with Crippen LogP contribution in [0.2, 0.25) is 0 Å². The van der Waals surface area contributed by atoms with Crippen LogP contribution >= 0.6 is 0 Å². The van der Waals surface area contributed by atoms with E-state index in [0.717, 1.165) is 10.2 Å². The SMILES string of the molecule is CC(C)C(=O)n1nc(-c2ccccc2)nc1N. The lowest BCUT2D eigenvalue weighted by molar-refractivity contribution is 0.0842. The summed E-state index contributed by atoms with van der Waals surface area (Å²) in [6, 6.07) is 9.42. The lowest BCUT2D eigenvalue weighted by Crippen LogP contribution is -2.20. The van der Waals surface area contributed by atoms with Crippen LogP contribution in [0.5, 0.6) is 0 Å². The molecule has 0 aliphatic carbocycles. The molecule has 0 aliphatic heterocycles. The minimum absolute atomic E-state index is 0.127. The Kier molecular flexibility index (Phi) is 2.91. The summed E-state index contributed by atoms with van der Waals surface area (Å²) in [6.45, 7) is 3.59. The second kappa shape index (κ2) is 4.37. The van der Waals surface area contributed by atoms with Crippen molar-refractivity contribution < 1.29 is 4.79 Å². The lowest BCUT2D eigenvalue weighted by Gasteiger charge is -2.03. The molecule has 0 saturated heterocycles. The van der Waals surface area contributed by atoms with E-state index in [1.54, 1.807) is 13.8 Å². The summed E-state index contributed by atoms with van der Waals surface area (Å²) in [6.07, 6.45) is 0. The molecule has 1 aromatic heterocycles. The first kappa shape index (κ1) is 11.3. The van der Waals surface area contributed by atoms with Crippen LogP contribution in [0.25, 0.3) is 11.4 Å². The highest BCUT2D eigenvalue weighted by Gasteiger charge is 2.17. The second-order valence-corrected chi connectivity index (χ2v) is 4.06. The maximum Gasteiger partial charge on any atom is 0.252 e. The Balaban J connectivity index is 2.41. The number of carbonyl (C=O) groups excluding carboxylic acids is 1. The predicted octanol–water partition coefficient (Wildman–Crippen LogP) is 1.82. The van der Waals surface area contributed by atoms with Crippen molar-refractivity contribution in [3.05, 3.63) is 30.3 Å². The maximum absolute atomic E-state index is 11.8. The van der Waals surface area contributed by atoms with Crippen LogP contribution in [0.15, 0.2) is 30.3 Å². The summed E-state index contributed by atoms with van der Waals surface area (Å²) < 4.78 is 1.16. The van der Waals surface area contributed by atoms with E-state index in [1.165, 1.54) is 0 Å². The maximum atomic E-state index is 11.8.